The minimum absolute atomic E-state index is 0.0608. The van der Waals surface area contributed by atoms with Crippen LogP contribution < -0.4 is 5.73 Å². The minimum atomic E-state index is 0.0608. The molecule has 1 aliphatic rings. The fraction of sp³-hybridized carbons (Fsp3) is 0.462. The molecule has 0 spiro atoms. The van der Waals surface area contributed by atoms with Crippen molar-refractivity contribution in [1.29, 1.82) is 0 Å². The van der Waals surface area contributed by atoms with E-state index < -0.39 is 0 Å². The number of amides is 1. The molecule has 1 aromatic carbocycles. The first-order valence-electron chi connectivity index (χ1n) is 5.95. The van der Waals surface area contributed by atoms with Gasteiger partial charge in [0.05, 0.1) is 0 Å². The third kappa shape index (κ3) is 2.99. The van der Waals surface area contributed by atoms with Gasteiger partial charge >= 0.3 is 0 Å². The molecule has 1 aliphatic heterocycles. The summed E-state index contributed by atoms with van der Waals surface area (Å²) in [4.78, 5) is 14.1. The average Bonchev–Trinajstić information content (AvgIpc) is 2.38. The van der Waals surface area contributed by atoms with Crippen molar-refractivity contribution in [2.75, 3.05) is 19.6 Å². The lowest BCUT2D eigenvalue weighted by molar-refractivity contribution is 0.0678. The fourth-order valence-corrected chi connectivity index (χ4v) is 2.44. The van der Waals surface area contributed by atoms with Crippen LogP contribution in [0.5, 0.6) is 0 Å². The Morgan fingerprint density at radius 2 is 2.35 bits per heavy atom. The molecule has 0 aliphatic carbocycles. The van der Waals surface area contributed by atoms with E-state index in [-0.39, 0.29) is 5.91 Å². The van der Waals surface area contributed by atoms with E-state index in [1.807, 2.05) is 4.90 Å². The molecule has 0 radical (unpaired) electrons. The number of nitrogens with zero attached hydrogens (tertiary/aromatic N) is 1. The van der Waals surface area contributed by atoms with E-state index in [4.69, 9.17) is 17.3 Å². The smallest absolute Gasteiger partial charge is 0.253 e. The fourth-order valence-electron chi connectivity index (χ4n) is 2.25. The lowest BCUT2D eigenvalue weighted by Gasteiger charge is -2.32. The minimum Gasteiger partial charge on any atom is -0.338 e. The molecule has 0 bridgehead atoms. The van der Waals surface area contributed by atoms with Gasteiger partial charge in [0.15, 0.2) is 0 Å². The van der Waals surface area contributed by atoms with Crippen molar-refractivity contribution in [2.24, 2.45) is 11.7 Å². The van der Waals surface area contributed by atoms with E-state index in [0.29, 0.717) is 23.0 Å². The highest BCUT2D eigenvalue weighted by molar-refractivity contribution is 6.30. The molecule has 2 rings (SSSR count). The highest BCUT2D eigenvalue weighted by Crippen LogP contribution is 2.19. The second-order valence-electron chi connectivity index (χ2n) is 4.51. The molecular formula is C13H17ClN2O. The van der Waals surface area contributed by atoms with Crippen LogP contribution in [0.1, 0.15) is 23.2 Å². The number of likely N-dealkylation sites (tertiary alicyclic amines) is 1. The Morgan fingerprint density at radius 1 is 1.53 bits per heavy atom. The molecular weight excluding hydrogens is 236 g/mol. The molecule has 4 heteroatoms. The van der Waals surface area contributed by atoms with E-state index in [0.717, 1.165) is 25.9 Å². The van der Waals surface area contributed by atoms with Crippen molar-refractivity contribution in [1.82, 2.24) is 4.90 Å². The van der Waals surface area contributed by atoms with Gasteiger partial charge in [-0.15, -0.1) is 0 Å². The van der Waals surface area contributed by atoms with Gasteiger partial charge in [0.2, 0.25) is 0 Å². The summed E-state index contributed by atoms with van der Waals surface area (Å²) >= 11 is 5.89. The normalized spacial score (nSPS) is 20.4. The predicted molar refractivity (Wildman–Crippen MR) is 69.1 cm³/mol. The molecule has 0 aromatic heterocycles. The van der Waals surface area contributed by atoms with Gasteiger partial charge in [0.25, 0.3) is 5.91 Å². The van der Waals surface area contributed by atoms with Crippen molar-refractivity contribution in [3.63, 3.8) is 0 Å². The van der Waals surface area contributed by atoms with Gasteiger partial charge in [-0.05, 0) is 43.5 Å². The number of carbonyl (C=O) groups excluding carboxylic acids is 1. The number of nitrogens with two attached hydrogens (primary N) is 1. The molecule has 1 atom stereocenters. The molecule has 0 unspecified atom stereocenters. The van der Waals surface area contributed by atoms with Crippen LogP contribution in [0.15, 0.2) is 24.3 Å². The molecule has 1 amide bonds. The summed E-state index contributed by atoms with van der Waals surface area (Å²) < 4.78 is 0. The third-order valence-corrected chi connectivity index (χ3v) is 3.45. The van der Waals surface area contributed by atoms with Crippen LogP contribution in [0.3, 0.4) is 0 Å². The molecule has 1 heterocycles. The molecule has 1 fully saturated rings. The number of benzene rings is 1. The van der Waals surface area contributed by atoms with Gasteiger partial charge in [-0.3, -0.25) is 4.79 Å². The van der Waals surface area contributed by atoms with Gasteiger partial charge in [-0.2, -0.15) is 0 Å². The van der Waals surface area contributed by atoms with Gasteiger partial charge < -0.3 is 10.6 Å². The second-order valence-corrected chi connectivity index (χ2v) is 4.94. The van der Waals surface area contributed by atoms with Crippen LogP contribution >= 0.6 is 11.6 Å². The zero-order valence-corrected chi connectivity index (χ0v) is 10.5. The van der Waals surface area contributed by atoms with Crippen LogP contribution in [-0.2, 0) is 0 Å². The first-order chi connectivity index (χ1) is 8.20. The summed E-state index contributed by atoms with van der Waals surface area (Å²) in [6.07, 6.45) is 2.16. The quantitative estimate of drug-likeness (QED) is 0.877. The molecule has 2 N–H and O–H groups in total. The van der Waals surface area contributed by atoms with Crippen LogP contribution in [0.25, 0.3) is 0 Å². The number of rotatable bonds is 2. The Balaban J connectivity index is 2.09. The standard InChI is InChI=1S/C13H17ClN2O/c14-12-5-1-4-11(7-12)13(17)16-6-2-3-10(8-15)9-16/h1,4-5,7,10H,2-3,6,8-9,15H2/t10-/m1/s1. The highest BCUT2D eigenvalue weighted by Gasteiger charge is 2.23. The SMILES string of the molecule is NC[C@H]1CCCN(C(=O)c2cccc(Cl)c2)C1. The summed E-state index contributed by atoms with van der Waals surface area (Å²) in [6.45, 7) is 2.24. The molecule has 1 saturated heterocycles. The van der Waals surface area contributed by atoms with Gasteiger partial charge in [0, 0.05) is 23.7 Å². The first-order valence-corrected chi connectivity index (χ1v) is 6.33. The summed E-state index contributed by atoms with van der Waals surface area (Å²) in [5.41, 5.74) is 6.33. The van der Waals surface area contributed by atoms with Crippen molar-refractivity contribution >= 4 is 17.5 Å². The van der Waals surface area contributed by atoms with Gasteiger partial charge in [0.1, 0.15) is 0 Å². The van der Waals surface area contributed by atoms with Gasteiger partial charge in [-0.25, -0.2) is 0 Å². The van der Waals surface area contributed by atoms with E-state index in [9.17, 15) is 4.79 Å². The Morgan fingerprint density at radius 3 is 3.06 bits per heavy atom. The van der Waals surface area contributed by atoms with Crippen LogP contribution in [0.2, 0.25) is 5.02 Å². The lowest BCUT2D eigenvalue weighted by atomic mass is 9.97. The van der Waals surface area contributed by atoms with E-state index in [2.05, 4.69) is 0 Å². The summed E-state index contributed by atoms with van der Waals surface area (Å²) in [7, 11) is 0. The van der Waals surface area contributed by atoms with Crippen molar-refractivity contribution in [2.45, 2.75) is 12.8 Å². The molecule has 0 saturated carbocycles. The number of halogens is 1. The largest absolute Gasteiger partial charge is 0.338 e. The lowest BCUT2D eigenvalue weighted by Crippen LogP contribution is -2.42. The van der Waals surface area contributed by atoms with Crippen molar-refractivity contribution in [3.05, 3.63) is 34.9 Å². The average molecular weight is 253 g/mol. The van der Waals surface area contributed by atoms with Crippen molar-refractivity contribution in [3.8, 4) is 0 Å². The van der Waals surface area contributed by atoms with Gasteiger partial charge in [-0.1, -0.05) is 17.7 Å². The van der Waals surface area contributed by atoms with Crippen LogP contribution in [0.4, 0.5) is 0 Å². The van der Waals surface area contributed by atoms with E-state index in [1.165, 1.54) is 0 Å². The first kappa shape index (κ1) is 12.4. The third-order valence-electron chi connectivity index (χ3n) is 3.21. The maximum atomic E-state index is 12.2. The zero-order valence-electron chi connectivity index (χ0n) is 9.73. The summed E-state index contributed by atoms with van der Waals surface area (Å²) in [5.74, 6) is 0.498. The Kier molecular flexibility index (Phi) is 4.02. The van der Waals surface area contributed by atoms with Crippen molar-refractivity contribution < 1.29 is 4.79 Å². The maximum absolute atomic E-state index is 12.2. The maximum Gasteiger partial charge on any atom is 0.253 e. The van der Waals surface area contributed by atoms with Crippen LogP contribution in [-0.4, -0.2) is 30.4 Å². The Labute approximate surface area is 107 Å². The molecule has 17 heavy (non-hydrogen) atoms. The number of piperidine rings is 1. The number of hydrogen-bond acceptors (Lipinski definition) is 2. The van der Waals surface area contributed by atoms with E-state index in [1.54, 1.807) is 24.3 Å². The zero-order chi connectivity index (χ0) is 12.3. The number of hydrogen-bond donors (Lipinski definition) is 1. The summed E-state index contributed by atoms with van der Waals surface area (Å²) in [5, 5.41) is 0.600. The number of carbonyl (C=O) groups is 1. The highest BCUT2D eigenvalue weighted by atomic mass is 35.5. The Bertz CT molecular complexity index is 408. The van der Waals surface area contributed by atoms with Crippen LogP contribution in [0, 0.1) is 5.92 Å². The summed E-state index contributed by atoms with van der Waals surface area (Å²) in [6, 6.07) is 7.10. The van der Waals surface area contributed by atoms with E-state index >= 15 is 0 Å². The topological polar surface area (TPSA) is 46.3 Å². The monoisotopic (exact) mass is 252 g/mol. The Hall–Kier alpha value is -1.06. The molecule has 92 valence electrons. The molecule has 3 nitrogen and oxygen atoms in total. The second kappa shape index (κ2) is 5.52. The predicted octanol–water partition coefficient (Wildman–Crippen LogP) is 2.15. The molecule has 1 aromatic rings.